The van der Waals surface area contributed by atoms with E-state index in [0.717, 1.165) is 17.7 Å². The number of hydrogen-bond acceptors (Lipinski definition) is 2. The first-order chi connectivity index (χ1) is 9.65. The fourth-order valence-corrected chi connectivity index (χ4v) is 2.00. The Bertz CT molecular complexity index is 626. The van der Waals surface area contributed by atoms with E-state index < -0.39 is 5.82 Å². The number of rotatable bonds is 4. The third kappa shape index (κ3) is 2.96. The maximum Gasteiger partial charge on any atom is 0.259 e. The van der Waals surface area contributed by atoms with Crippen LogP contribution in [0.4, 0.5) is 10.1 Å². The highest BCUT2D eigenvalue weighted by atomic mass is 19.1. The van der Waals surface area contributed by atoms with Gasteiger partial charge in [0.2, 0.25) is 0 Å². The average molecular weight is 273 g/mol. The number of nitrogens with one attached hydrogen (secondary N) is 1. The Balaban J connectivity index is 2.30. The highest BCUT2D eigenvalue weighted by Gasteiger charge is 2.14. The summed E-state index contributed by atoms with van der Waals surface area (Å²) in [5, 5.41) is 2.79. The van der Waals surface area contributed by atoms with E-state index in [1.165, 1.54) is 25.3 Å². The zero-order valence-corrected chi connectivity index (χ0v) is 11.4. The molecule has 2 aromatic carbocycles. The predicted molar refractivity (Wildman–Crippen MR) is 76.7 cm³/mol. The zero-order valence-electron chi connectivity index (χ0n) is 11.4. The number of amides is 1. The molecule has 0 saturated carbocycles. The second-order valence-electron chi connectivity index (χ2n) is 4.31. The molecule has 0 aliphatic carbocycles. The fraction of sp³-hybridized carbons (Fsp3) is 0.188. The molecule has 3 nitrogen and oxygen atoms in total. The molecule has 0 aliphatic heterocycles. The van der Waals surface area contributed by atoms with Crippen molar-refractivity contribution in [2.75, 3.05) is 12.4 Å². The van der Waals surface area contributed by atoms with Crippen molar-refractivity contribution >= 4 is 11.6 Å². The third-order valence-corrected chi connectivity index (χ3v) is 3.05. The molecule has 0 aromatic heterocycles. The third-order valence-electron chi connectivity index (χ3n) is 3.05. The van der Waals surface area contributed by atoms with Gasteiger partial charge in [-0.2, -0.15) is 0 Å². The summed E-state index contributed by atoms with van der Waals surface area (Å²) in [6.07, 6.45) is 0.802. The topological polar surface area (TPSA) is 38.3 Å². The van der Waals surface area contributed by atoms with E-state index in [-0.39, 0.29) is 11.5 Å². The molecule has 1 amide bonds. The van der Waals surface area contributed by atoms with Gasteiger partial charge in [0.15, 0.2) is 0 Å². The molecule has 2 aromatic rings. The summed E-state index contributed by atoms with van der Waals surface area (Å²) >= 11 is 0. The molecule has 0 radical (unpaired) electrons. The van der Waals surface area contributed by atoms with Crippen LogP contribution in [0.1, 0.15) is 22.8 Å². The number of benzene rings is 2. The second kappa shape index (κ2) is 6.19. The van der Waals surface area contributed by atoms with Crippen molar-refractivity contribution in [2.24, 2.45) is 0 Å². The molecular weight excluding hydrogens is 257 g/mol. The molecule has 0 aliphatic rings. The maximum atomic E-state index is 13.3. The smallest absolute Gasteiger partial charge is 0.259 e. The molecule has 0 fully saturated rings. The first-order valence-corrected chi connectivity index (χ1v) is 6.38. The van der Waals surface area contributed by atoms with Crippen LogP contribution in [0.2, 0.25) is 0 Å². The normalized spacial score (nSPS) is 10.2. The minimum Gasteiger partial charge on any atom is -0.496 e. The summed E-state index contributed by atoms with van der Waals surface area (Å²) < 4.78 is 18.4. The van der Waals surface area contributed by atoms with Gasteiger partial charge in [0.1, 0.15) is 11.6 Å². The van der Waals surface area contributed by atoms with Crippen LogP contribution >= 0.6 is 0 Å². The number of carbonyl (C=O) groups is 1. The van der Waals surface area contributed by atoms with Crippen LogP contribution in [-0.4, -0.2) is 13.0 Å². The standard InChI is InChI=1S/C16H16FNO2/c1-3-11-6-4-5-7-14(11)18-16(19)13-10-12(17)8-9-15(13)20-2/h4-10H,3H2,1-2H3,(H,18,19). The Kier molecular flexibility index (Phi) is 4.35. The lowest BCUT2D eigenvalue weighted by molar-refractivity contribution is 0.102. The van der Waals surface area contributed by atoms with Gasteiger partial charge in [-0.05, 0) is 36.2 Å². The van der Waals surface area contributed by atoms with Crippen LogP contribution < -0.4 is 10.1 Å². The van der Waals surface area contributed by atoms with Gasteiger partial charge in [-0.1, -0.05) is 25.1 Å². The van der Waals surface area contributed by atoms with Crippen molar-refractivity contribution in [3.8, 4) is 5.75 Å². The van der Waals surface area contributed by atoms with Gasteiger partial charge in [-0.3, -0.25) is 4.79 Å². The van der Waals surface area contributed by atoms with E-state index in [2.05, 4.69) is 5.32 Å². The van der Waals surface area contributed by atoms with E-state index in [1.54, 1.807) is 0 Å². The number of methoxy groups -OCH3 is 1. The molecule has 2 rings (SSSR count). The second-order valence-corrected chi connectivity index (χ2v) is 4.31. The largest absolute Gasteiger partial charge is 0.496 e. The number of hydrogen-bond donors (Lipinski definition) is 1. The summed E-state index contributed by atoms with van der Waals surface area (Å²) in [6.45, 7) is 2.01. The van der Waals surface area contributed by atoms with Crippen LogP contribution in [-0.2, 0) is 6.42 Å². The quantitative estimate of drug-likeness (QED) is 0.923. The van der Waals surface area contributed by atoms with Gasteiger partial charge in [0.05, 0.1) is 12.7 Å². The Morgan fingerprint density at radius 1 is 1.25 bits per heavy atom. The lowest BCUT2D eigenvalue weighted by atomic mass is 10.1. The summed E-state index contributed by atoms with van der Waals surface area (Å²) in [4.78, 5) is 12.3. The molecule has 0 spiro atoms. The van der Waals surface area contributed by atoms with Crippen LogP contribution in [0, 0.1) is 5.82 Å². The molecule has 0 bridgehead atoms. The van der Waals surface area contributed by atoms with E-state index >= 15 is 0 Å². The Morgan fingerprint density at radius 3 is 2.70 bits per heavy atom. The molecule has 0 unspecified atom stereocenters. The van der Waals surface area contributed by atoms with Crippen LogP contribution in [0.25, 0.3) is 0 Å². The van der Waals surface area contributed by atoms with Gasteiger partial charge >= 0.3 is 0 Å². The van der Waals surface area contributed by atoms with Crippen molar-refractivity contribution in [3.63, 3.8) is 0 Å². The van der Waals surface area contributed by atoms with E-state index in [4.69, 9.17) is 4.74 Å². The molecule has 1 N–H and O–H groups in total. The predicted octanol–water partition coefficient (Wildman–Crippen LogP) is 3.65. The molecule has 104 valence electrons. The van der Waals surface area contributed by atoms with Gasteiger partial charge < -0.3 is 10.1 Å². The molecule has 0 saturated heterocycles. The number of carbonyl (C=O) groups excluding carboxylic acids is 1. The zero-order chi connectivity index (χ0) is 14.5. The first-order valence-electron chi connectivity index (χ1n) is 6.38. The lowest BCUT2D eigenvalue weighted by Gasteiger charge is -2.12. The van der Waals surface area contributed by atoms with Gasteiger partial charge in [-0.25, -0.2) is 4.39 Å². The Morgan fingerprint density at radius 2 is 2.00 bits per heavy atom. The van der Waals surface area contributed by atoms with E-state index in [9.17, 15) is 9.18 Å². The van der Waals surface area contributed by atoms with Gasteiger partial charge in [0, 0.05) is 5.69 Å². The van der Waals surface area contributed by atoms with E-state index in [1.807, 2.05) is 31.2 Å². The lowest BCUT2D eigenvalue weighted by Crippen LogP contribution is -2.14. The van der Waals surface area contributed by atoms with Gasteiger partial charge in [-0.15, -0.1) is 0 Å². The Hall–Kier alpha value is -2.36. The molecule has 20 heavy (non-hydrogen) atoms. The Labute approximate surface area is 117 Å². The molecule has 0 atom stereocenters. The molecule has 4 heteroatoms. The molecule has 0 heterocycles. The minimum absolute atomic E-state index is 0.179. The number of ether oxygens (including phenoxy) is 1. The summed E-state index contributed by atoms with van der Waals surface area (Å²) in [7, 11) is 1.45. The van der Waals surface area contributed by atoms with Crippen LogP contribution in [0.15, 0.2) is 42.5 Å². The highest BCUT2D eigenvalue weighted by Crippen LogP contribution is 2.22. The number of anilines is 1. The summed E-state index contributed by atoms with van der Waals surface area (Å²) in [5.41, 5.74) is 1.93. The van der Waals surface area contributed by atoms with Crippen molar-refractivity contribution in [2.45, 2.75) is 13.3 Å². The summed E-state index contributed by atoms with van der Waals surface area (Å²) in [5.74, 6) is -0.514. The van der Waals surface area contributed by atoms with E-state index in [0.29, 0.717) is 5.75 Å². The highest BCUT2D eigenvalue weighted by molar-refractivity contribution is 6.06. The molecular formula is C16H16FNO2. The van der Waals surface area contributed by atoms with Crippen LogP contribution in [0.3, 0.4) is 0 Å². The number of halogens is 1. The SMILES string of the molecule is CCc1ccccc1NC(=O)c1cc(F)ccc1OC. The average Bonchev–Trinajstić information content (AvgIpc) is 2.47. The summed E-state index contributed by atoms with van der Waals surface area (Å²) in [6, 6.07) is 11.4. The van der Waals surface area contributed by atoms with Crippen molar-refractivity contribution in [3.05, 3.63) is 59.4 Å². The van der Waals surface area contributed by atoms with Gasteiger partial charge in [0.25, 0.3) is 5.91 Å². The number of aryl methyl sites for hydroxylation is 1. The number of para-hydroxylation sites is 1. The van der Waals surface area contributed by atoms with Crippen molar-refractivity contribution < 1.29 is 13.9 Å². The maximum absolute atomic E-state index is 13.3. The fourth-order valence-electron chi connectivity index (χ4n) is 2.00. The van der Waals surface area contributed by atoms with Crippen molar-refractivity contribution in [1.82, 2.24) is 0 Å². The van der Waals surface area contributed by atoms with Crippen LogP contribution in [0.5, 0.6) is 5.75 Å². The first kappa shape index (κ1) is 14.1. The minimum atomic E-state index is -0.472. The van der Waals surface area contributed by atoms with Crippen molar-refractivity contribution in [1.29, 1.82) is 0 Å². The monoisotopic (exact) mass is 273 g/mol.